The number of hydrogen-bond donors (Lipinski definition) is 3. The second-order valence-corrected chi connectivity index (χ2v) is 2.83. The average molecular weight is 215 g/mol. The van der Waals surface area contributed by atoms with Gasteiger partial charge in [-0.3, -0.25) is 0 Å². The van der Waals surface area contributed by atoms with Gasteiger partial charge in [0, 0.05) is 0 Å². The van der Waals surface area contributed by atoms with Crippen molar-refractivity contribution in [3.8, 4) is 6.07 Å². The second kappa shape index (κ2) is 5.32. The maximum atomic E-state index is 9.43. The molecule has 5 nitrogen and oxygen atoms in total. The highest BCUT2D eigenvalue weighted by Gasteiger charge is 2.13. The Balaban J connectivity index is 3.41. The molecule has 0 bridgehead atoms. The molecule has 0 amide bonds. The summed E-state index contributed by atoms with van der Waals surface area (Å²) in [7, 11) is 0. The van der Waals surface area contributed by atoms with E-state index in [-0.39, 0.29) is 11.3 Å². The molecule has 80 valence electrons. The van der Waals surface area contributed by atoms with Crippen LogP contribution in [-0.2, 0) is 0 Å². The van der Waals surface area contributed by atoms with Gasteiger partial charge in [0.1, 0.15) is 18.0 Å². The molecule has 0 aliphatic heterocycles. The van der Waals surface area contributed by atoms with E-state index < -0.39 is 5.76 Å². The molecule has 3 N–H and O–H groups in total. The molecule has 0 aliphatic carbocycles. The summed E-state index contributed by atoms with van der Waals surface area (Å²) in [5.74, 6) is -0.595. The number of nitrogens with one attached hydrogen (secondary N) is 1. The van der Waals surface area contributed by atoms with E-state index in [1.165, 1.54) is 0 Å². The highest BCUT2D eigenvalue weighted by molar-refractivity contribution is 5.81. The molecule has 0 aliphatic rings. The van der Waals surface area contributed by atoms with Crippen LogP contribution in [0.5, 0.6) is 0 Å². The van der Waals surface area contributed by atoms with Gasteiger partial charge in [0.05, 0.1) is 5.57 Å². The fourth-order valence-corrected chi connectivity index (χ4v) is 1.22. The summed E-state index contributed by atoms with van der Waals surface area (Å²) in [6, 6.07) is 10.0. The van der Waals surface area contributed by atoms with Gasteiger partial charge in [0.15, 0.2) is 0 Å². The normalized spacial score (nSPS) is 12.6. The van der Waals surface area contributed by atoms with Crippen LogP contribution in [0, 0.1) is 16.9 Å². The molecule has 5 heteroatoms. The Morgan fingerprint density at radius 3 is 2.44 bits per heavy atom. The Morgan fingerprint density at radius 2 is 2.00 bits per heavy atom. The Labute approximate surface area is 92.1 Å². The summed E-state index contributed by atoms with van der Waals surface area (Å²) in [6.45, 7) is 0. The first-order valence-electron chi connectivity index (χ1n) is 4.35. The molecule has 0 unspecified atom stereocenters. The van der Waals surface area contributed by atoms with E-state index in [4.69, 9.17) is 15.9 Å². The molecule has 1 aromatic rings. The Kier molecular flexibility index (Phi) is 3.81. The van der Waals surface area contributed by atoms with Gasteiger partial charge in [-0.05, 0) is 5.56 Å². The zero-order valence-corrected chi connectivity index (χ0v) is 8.25. The zero-order chi connectivity index (χ0) is 12.0. The predicted molar refractivity (Wildman–Crippen MR) is 57.5 cm³/mol. The van der Waals surface area contributed by atoms with Crippen molar-refractivity contribution in [1.29, 1.82) is 10.8 Å². The number of hydrogen-bond acceptors (Lipinski definition) is 5. The van der Waals surface area contributed by atoms with E-state index in [1.807, 2.05) is 0 Å². The third-order valence-electron chi connectivity index (χ3n) is 1.90. The van der Waals surface area contributed by atoms with Crippen molar-refractivity contribution in [2.24, 2.45) is 5.11 Å². The number of nitrogens with zero attached hydrogens (tertiary/aromatic N) is 2. The number of allylic oxidation sites excluding steroid dienone is 2. The lowest BCUT2D eigenvalue weighted by atomic mass is 10.0. The largest absolute Gasteiger partial charge is 0.513 e. The molecule has 0 atom stereocenters. The first-order valence-corrected chi connectivity index (χ1v) is 4.35. The maximum absolute atomic E-state index is 9.43. The van der Waals surface area contributed by atoms with Crippen molar-refractivity contribution >= 4 is 5.57 Å². The minimum Gasteiger partial charge on any atom is -0.513 e. The van der Waals surface area contributed by atoms with Crippen LogP contribution in [0.25, 0.3) is 5.57 Å². The molecular weight excluding hydrogens is 206 g/mol. The van der Waals surface area contributed by atoms with E-state index in [2.05, 4.69) is 5.11 Å². The van der Waals surface area contributed by atoms with Gasteiger partial charge >= 0.3 is 0 Å². The van der Waals surface area contributed by atoms with E-state index in [0.717, 1.165) is 0 Å². The van der Waals surface area contributed by atoms with Crippen molar-refractivity contribution in [2.45, 2.75) is 0 Å². The molecular formula is C11H9N3O2. The van der Waals surface area contributed by atoms with Crippen LogP contribution in [0.1, 0.15) is 5.56 Å². The summed E-state index contributed by atoms with van der Waals surface area (Å²) in [4.78, 5) is 0. The summed E-state index contributed by atoms with van der Waals surface area (Å²) in [6.07, 6.45) is 0.572. The minimum atomic E-state index is -0.595. The first kappa shape index (κ1) is 11.5. The standard InChI is InChI=1S/C11H9N3O2/c12-6-10(16)11(9(7-15)14-13)8-4-2-1-3-5-8/h1-5,7,13,15-16H/b9-7-,11-10-,14-13?. The molecule has 0 saturated carbocycles. The van der Waals surface area contributed by atoms with E-state index in [0.29, 0.717) is 11.8 Å². The summed E-state index contributed by atoms with van der Waals surface area (Å²) >= 11 is 0. The zero-order valence-electron chi connectivity index (χ0n) is 8.25. The molecule has 1 rings (SSSR count). The molecule has 0 aromatic heterocycles. The van der Waals surface area contributed by atoms with Crippen molar-refractivity contribution in [1.82, 2.24) is 0 Å². The highest BCUT2D eigenvalue weighted by atomic mass is 16.3. The van der Waals surface area contributed by atoms with Crippen LogP contribution in [0.4, 0.5) is 0 Å². The summed E-state index contributed by atoms with van der Waals surface area (Å²) < 4.78 is 0. The van der Waals surface area contributed by atoms with Crippen molar-refractivity contribution in [3.63, 3.8) is 0 Å². The first-order chi connectivity index (χ1) is 7.74. The number of nitriles is 1. The van der Waals surface area contributed by atoms with Crippen LogP contribution in [0.3, 0.4) is 0 Å². The van der Waals surface area contributed by atoms with Gasteiger partial charge in [-0.1, -0.05) is 30.3 Å². The minimum absolute atomic E-state index is 0.0283. The topological polar surface area (TPSA) is 100 Å². The van der Waals surface area contributed by atoms with Crippen LogP contribution < -0.4 is 0 Å². The summed E-state index contributed by atoms with van der Waals surface area (Å²) in [5, 5.41) is 30.0. The molecule has 1 aromatic carbocycles. The van der Waals surface area contributed by atoms with Gasteiger partial charge in [0.2, 0.25) is 5.76 Å². The van der Waals surface area contributed by atoms with Gasteiger partial charge in [-0.2, -0.15) is 10.4 Å². The number of aliphatic hydroxyl groups excluding tert-OH is 2. The number of rotatable bonds is 3. The SMILES string of the molecule is N#C/C(O)=C(/C(=C/O)N=N)c1ccccc1. The fraction of sp³-hybridized carbons (Fsp3) is 0. The van der Waals surface area contributed by atoms with Gasteiger partial charge < -0.3 is 10.2 Å². The van der Waals surface area contributed by atoms with E-state index >= 15 is 0 Å². The van der Waals surface area contributed by atoms with E-state index in [9.17, 15) is 5.11 Å². The summed E-state index contributed by atoms with van der Waals surface area (Å²) in [5.41, 5.74) is 7.20. The predicted octanol–water partition coefficient (Wildman–Crippen LogP) is 2.91. The third kappa shape index (κ3) is 2.25. The smallest absolute Gasteiger partial charge is 0.204 e. The van der Waals surface area contributed by atoms with Crippen LogP contribution in [0.15, 0.2) is 53.2 Å². The highest BCUT2D eigenvalue weighted by Crippen LogP contribution is 2.25. The Bertz CT molecular complexity index is 484. The average Bonchev–Trinajstić information content (AvgIpc) is 2.36. The quantitative estimate of drug-likeness (QED) is 0.237. The number of benzene rings is 1. The lowest BCUT2D eigenvalue weighted by Crippen LogP contribution is -1.93. The molecule has 16 heavy (non-hydrogen) atoms. The van der Waals surface area contributed by atoms with Crippen LogP contribution >= 0.6 is 0 Å². The maximum Gasteiger partial charge on any atom is 0.204 e. The van der Waals surface area contributed by atoms with Gasteiger partial charge in [-0.15, -0.1) is 0 Å². The molecule has 0 fully saturated rings. The van der Waals surface area contributed by atoms with Crippen molar-refractivity contribution in [2.75, 3.05) is 0 Å². The monoisotopic (exact) mass is 215 g/mol. The fourth-order valence-electron chi connectivity index (χ4n) is 1.22. The molecule has 0 saturated heterocycles. The second-order valence-electron chi connectivity index (χ2n) is 2.83. The Hall–Kier alpha value is -2.61. The van der Waals surface area contributed by atoms with Crippen LogP contribution in [0.2, 0.25) is 0 Å². The van der Waals surface area contributed by atoms with E-state index in [1.54, 1.807) is 36.4 Å². The lowest BCUT2D eigenvalue weighted by Gasteiger charge is -2.05. The molecule has 0 spiro atoms. The van der Waals surface area contributed by atoms with Gasteiger partial charge in [-0.25, -0.2) is 5.53 Å². The van der Waals surface area contributed by atoms with Crippen molar-refractivity contribution < 1.29 is 10.2 Å². The molecule has 0 heterocycles. The van der Waals surface area contributed by atoms with Gasteiger partial charge in [0.25, 0.3) is 0 Å². The third-order valence-corrected chi connectivity index (χ3v) is 1.90. The number of aliphatic hydroxyl groups is 2. The molecule has 0 radical (unpaired) electrons. The lowest BCUT2D eigenvalue weighted by molar-refractivity contribution is 0.437. The van der Waals surface area contributed by atoms with Crippen LogP contribution in [-0.4, -0.2) is 10.2 Å². The Morgan fingerprint density at radius 1 is 1.38 bits per heavy atom. The van der Waals surface area contributed by atoms with Crippen molar-refractivity contribution in [3.05, 3.63) is 53.6 Å².